The smallest absolute Gasteiger partial charge is 0.179 e. The van der Waals surface area contributed by atoms with Gasteiger partial charge < -0.3 is 5.73 Å². The summed E-state index contributed by atoms with van der Waals surface area (Å²) in [5.41, 5.74) is 6.60. The molecule has 0 aromatic heterocycles. The first-order chi connectivity index (χ1) is 8.63. The summed E-state index contributed by atoms with van der Waals surface area (Å²) in [5, 5.41) is 0. The maximum absolute atomic E-state index is 11.8. The number of benzene rings is 1. The fourth-order valence-corrected chi connectivity index (χ4v) is 3.75. The number of hydrogen-bond donors (Lipinski definition) is 1. The van der Waals surface area contributed by atoms with Crippen LogP contribution < -0.4 is 5.73 Å². The van der Waals surface area contributed by atoms with Gasteiger partial charge in [-0.1, -0.05) is 31.4 Å². The van der Waals surface area contributed by atoms with Crippen molar-refractivity contribution in [3.05, 3.63) is 29.8 Å². The van der Waals surface area contributed by atoms with E-state index in [2.05, 4.69) is 0 Å². The number of nitrogens with two attached hydrogens (primary N) is 1. The van der Waals surface area contributed by atoms with E-state index in [1.807, 2.05) is 12.1 Å². The van der Waals surface area contributed by atoms with E-state index in [-0.39, 0.29) is 12.3 Å². The summed E-state index contributed by atoms with van der Waals surface area (Å²) in [6, 6.07) is 7.41. The van der Waals surface area contributed by atoms with E-state index in [0.29, 0.717) is 10.8 Å². The first kappa shape index (κ1) is 13.6. The Bertz CT molecular complexity index is 473. The van der Waals surface area contributed by atoms with Crippen molar-refractivity contribution in [2.45, 2.75) is 42.9 Å². The van der Waals surface area contributed by atoms with Gasteiger partial charge in [-0.2, -0.15) is 0 Å². The topological polar surface area (TPSA) is 60.2 Å². The summed E-state index contributed by atoms with van der Waals surface area (Å²) >= 11 is 0. The van der Waals surface area contributed by atoms with E-state index in [1.54, 1.807) is 12.1 Å². The van der Waals surface area contributed by atoms with E-state index in [4.69, 9.17) is 5.73 Å². The second kappa shape index (κ2) is 5.85. The monoisotopic (exact) mass is 267 g/mol. The predicted octanol–water partition coefficient (Wildman–Crippen LogP) is 2.47. The summed E-state index contributed by atoms with van der Waals surface area (Å²) < 4.78 is 23.7. The van der Waals surface area contributed by atoms with Gasteiger partial charge in [0.05, 0.1) is 10.6 Å². The van der Waals surface area contributed by atoms with E-state index >= 15 is 0 Å². The minimum atomic E-state index is -3.18. The Morgan fingerprint density at radius 2 is 1.67 bits per heavy atom. The van der Waals surface area contributed by atoms with Gasteiger partial charge >= 0.3 is 0 Å². The lowest BCUT2D eigenvalue weighted by molar-refractivity contribution is 0.443. The maximum atomic E-state index is 11.8. The molecule has 0 amide bonds. The summed E-state index contributed by atoms with van der Waals surface area (Å²) in [4.78, 5) is 0.396. The van der Waals surface area contributed by atoms with Crippen LogP contribution in [0.4, 0.5) is 0 Å². The molecule has 1 saturated carbocycles. The minimum Gasteiger partial charge on any atom is -0.329 e. The van der Waals surface area contributed by atoms with Crippen LogP contribution in [0.2, 0.25) is 0 Å². The van der Waals surface area contributed by atoms with Gasteiger partial charge in [0.2, 0.25) is 0 Å². The molecule has 2 rings (SSSR count). The molecule has 100 valence electrons. The third-order valence-electron chi connectivity index (χ3n) is 3.70. The van der Waals surface area contributed by atoms with E-state index < -0.39 is 9.84 Å². The Balaban J connectivity index is 2.14. The van der Waals surface area contributed by atoms with Gasteiger partial charge in [-0.05, 0) is 36.5 Å². The van der Waals surface area contributed by atoms with Crippen LogP contribution >= 0.6 is 0 Å². The molecule has 0 unspecified atom stereocenters. The summed E-state index contributed by atoms with van der Waals surface area (Å²) in [6.45, 7) is 0.173. The van der Waals surface area contributed by atoms with Crippen LogP contribution in [0.15, 0.2) is 29.2 Å². The van der Waals surface area contributed by atoms with E-state index in [1.165, 1.54) is 37.7 Å². The van der Waals surface area contributed by atoms with Crippen LogP contribution in [0.1, 0.15) is 43.6 Å². The predicted molar refractivity (Wildman–Crippen MR) is 73.4 cm³/mol. The Kier molecular flexibility index (Phi) is 4.40. The standard InChI is InChI=1S/C14H21NO2S/c15-10-11-18(16,17)14-8-6-13(7-9-14)12-4-2-1-3-5-12/h6-9,12H,1-5,10-11,15H2. The molecule has 4 heteroatoms. The minimum absolute atomic E-state index is 0.0236. The molecule has 0 saturated heterocycles. The number of sulfone groups is 1. The highest BCUT2D eigenvalue weighted by atomic mass is 32.2. The SMILES string of the molecule is NCCS(=O)(=O)c1ccc(C2CCCCC2)cc1. The lowest BCUT2D eigenvalue weighted by atomic mass is 9.84. The molecule has 0 atom stereocenters. The molecular formula is C14H21NO2S. The molecule has 0 radical (unpaired) electrons. The van der Waals surface area contributed by atoms with Gasteiger partial charge in [-0.25, -0.2) is 8.42 Å². The van der Waals surface area contributed by atoms with Crippen molar-refractivity contribution in [2.24, 2.45) is 5.73 Å². The second-order valence-corrected chi connectivity index (χ2v) is 7.12. The van der Waals surface area contributed by atoms with Gasteiger partial charge in [-0.15, -0.1) is 0 Å². The van der Waals surface area contributed by atoms with E-state index in [9.17, 15) is 8.42 Å². The van der Waals surface area contributed by atoms with Crippen LogP contribution in [0.3, 0.4) is 0 Å². The summed E-state index contributed by atoms with van der Waals surface area (Å²) in [7, 11) is -3.18. The van der Waals surface area contributed by atoms with Crippen LogP contribution in [0, 0.1) is 0 Å². The number of hydrogen-bond acceptors (Lipinski definition) is 3. The molecule has 1 aliphatic carbocycles. The van der Waals surface area contributed by atoms with Crippen molar-refractivity contribution in [3.8, 4) is 0 Å². The highest BCUT2D eigenvalue weighted by Gasteiger charge is 2.17. The molecule has 3 nitrogen and oxygen atoms in total. The third kappa shape index (κ3) is 3.12. The first-order valence-electron chi connectivity index (χ1n) is 6.66. The zero-order valence-corrected chi connectivity index (χ0v) is 11.5. The van der Waals surface area contributed by atoms with Crippen molar-refractivity contribution in [1.82, 2.24) is 0 Å². The van der Waals surface area contributed by atoms with Crippen LogP contribution in [-0.2, 0) is 9.84 Å². The van der Waals surface area contributed by atoms with Crippen molar-refractivity contribution < 1.29 is 8.42 Å². The van der Waals surface area contributed by atoms with Crippen molar-refractivity contribution >= 4 is 9.84 Å². The molecule has 18 heavy (non-hydrogen) atoms. The average Bonchev–Trinajstić information content (AvgIpc) is 2.40. The Morgan fingerprint density at radius 3 is 2.22 bits per heavy atom. The van der Waals surface area contributed by atoms with Gasteiger partial charge in [0, 0.05) is 6.54 Å². The quantitative estimate of drug-likeness (QED) is 0.911. The molecule has 1 fully saturated rings. The van der Waals surface area contributed by atoms with Crippen LogP contribution in [0.5, 0.6) is 0 Å². The largest absolute Gasteiger partial charge is 0.329 e. The lowest BCUT2D eigenvalue weighted by Crippen LogP contribution is -2.15. The van der Waals surface area contributed by atoms with Crippen LogP contribution in [-0.4, -0.2) is 20.7 Å². The van der Waals surface area contributed by atoms with E-state index in [0.717, 1.165) is 0 Å². The van der Waals surface area contributed by atoms with Crippen molar-refractivity contribution in [1.29, 1.82) is 0 Å². The molecule has 0 aliphatic heterocycles. The Labute approximate surface area is 109 Å². The number of rotatable bonds is 4. The van der Waals surface area contributed by atoms with Crippen molar-refractivity contribution in [3.63, 3.8) is 0 Å². The normalized spacial score (nSPS) is 17.8. The molecule has 0 bridgehead atoms. The summed E-state index contributed by atoms with van der Waals surface area (Å²) in [5.74, 6) is 0.639. The molecular weight excluding hydrogens is 246 g/mol. The molecule has 0 spiro atoms. The highest BCUT2D eigenvalue weighted by molar-refractivity contribution is 7.91. The zero-order valence-electron chi connectivity index (χ0n) is 10.6. The first-order valence-corrected chi connectivity index (χ1v) is 8.31. The Morgan fingerprint density at radius 1 is 1.06 bits per heavy atom. The van der Waals surface area contributed by atoms with Gasteiger partial charge in [0.1, 0.15) is 0 Å². The fraction of sp³-hybridized carbons (Fsp3) is 0.571. The van der Waals surface area contributed by atoms with Crippen molar-refractivity contribution in [2.75, 3.05) is 12.3 Å². The molecule has 1 aromatic rings. The third-order valence-corrected chi connectivity index (χ3v) is 5.47. The van der Waals surface area contributed by atoms with Gasteiger partial charge in [0.25, 0.3) is 0 Å². The molecule has 1 aromatic carbocycles. The highest BCUT2D eigenvalue weighted by Crippen LogP contribution is 2.32. The molecule has 0 heterocycles. The average molecular weight is 267 g/mol. The van der Waals surface area contributed by atoms with Gasteiger partial charge in [0.15, 0.2) is 9.84 Å². The zero-order chi connectivity index (χ0) is 13.0. The Hall–Kier alpha value is -0.870. The molecule has 1 aliphatic rings. The van der Waals surface area contributed by atoms with Gasteiger partial charge in [-0.3, -0.25) is 0 Å². The molecule has 2 N–H and O–H groups in total. The summed E-state index contributed by atoms with van der Waals surface area (Å²) in [6.07, 6.45) is 6.37. The van der Waals surface area contributed by atoms with Crippen LogP contribution in [0.25, 0.3) is 0 Å². The fourth-order valence-electron chi connectivity index (χ4n) is 2.66. The maximum Gasteiger partial charge on any atom is 0.179 e. The second-order valence-electron chi connectivity index (χ2n) is 5.01. The lowest BCUT2D eigenvalue weighted by Gasteiger charge is -2.22.